The summed E-state index contributed by atoms with van der Waals surface area (Å²) in [6.07, 6.45) is 0.717. The number of H-pyrrole nitrogens is 1. The van der Waals surface area contributed by atoms with Crippen molar-refractivity contribution in [3.63, 3.8) is 0 Å². The molecule has 234 valence electrons. The Labute approximate surface area is 253 Å². The fourth-order valence-corrected chi connectivity index (χ4v) is 6.28. The summed E-state index contributed by atoms with van der Waals surface area (Å²) in [5.74, 6) is -0.946. The fraction of sp³-hybridized carbons (Fsp3) is 0.469. The summed E-state index contributed by atoms with van der Waals surface area (Å²) in [5, 5.41) is 6.08. The lowest BCUT2D eigenvalue weighted by molar-refractivity contribution is -0.149. The average molecular weight is 614 g/mol. The molecule has 3 rings (SSSR count). The van der Waals surface area contributed by atoms with Gasteiger partial charge >= 0.3 is 13.5 Å². The molecule has 0 spiro atoms. The second-order valence-corrected chi connectivity index (χ2v) is 15.0. The van der Waals surface area contributed by atoms with E-state index in [1.807, 2.05) is 47.6 Å². The molecule has 0 fully saturated rings. The van der Waals surface area contributed by atoms with Crippen molar-refractivity contribution < 1.29 is 28.2 Å². The van der Waals surface area contributed by atoms with Crippen LogP contribution in [0.1, 0.15) is 83.8 Å². The van der Waals surface area contributed by atoms with Crippen LogP contribution >= 0.6 is 7.52 Å². The number of carbonyl (C=O) groups excluding carboxylic acids is 2. The molecule has 0 bridgehead atoms. The van der Waals surface area contributed by atoms with Gasteiger partial charge in [0.05, 0.1) is 6.10 Å². The number of ether oxygens (including phenoxy) is 2. The van der Waals surface area contributed by atoms with E-state index >= 15 is 0 Å². The predicted octanol–water partition coefficient (Wildman–Crippen LogP) is 6.48. The van der Waals surface area contributed by atoms with Crippen LogP contribution in [0.4, 0.5) is 5.69 Å². The first kappa shape index (κ1) is 34.0. The number of hydrogen-bond acceptors (Lipinski definition) is 7. The third-order valence-corrected chi connectivity index (χ3v) is 8.53. The van der Waals surface area contributed by atoms with E-state index in [2.05, 4.69) is 15.4 Å². The zero-order valence-electron chi connectivity index (χ0n) is 26.7. The Morgan fingerprint density at radius 3 is 2.19 bits per heavy atom. The molecule has 0 saturated heterocycles. The zero-order valence-corrected chi connectivity index (χ0v) is 27.6. The maximum Gasteiger partial charge on any atom is 0.342 e. The number of pyridine rings is 1. The zero-order chi connectivity index (χ0) is 32.3. The number of benzene rings is 2. The molecule has 1 aromatic heterocycles. The Morgan fingerprint density at radius 1 is 0.977 bits per heavy atom. The summed E-state index contributed by atoms with van der Waals surface area (Å²) < 4.78 is 30.8. The molecule has 10 nitrogen and oxygen atoms in total. The second kappa shape index (κ2) is 13.0. The van der Waals surface area contributed by atoms with Crippen molar-refractivity contribution >= 4 is 36.0 Å². The van der Waals surface area contributed by atoms with Gasteiger partial charge in [-0.05, 0) is 55.4 Å². The highest BCUT2D eigenvalue weighted by Gasteiger charge is 2.34. The molecule has 1 amide bonds. The predicted molar refractivity (Wildman–Crippen MR) is 170 cm³/mol. The lowest BCUT2D eigenvalue weighted by atomic mass is 9.79. The van der Waals surface area contributed by atoms with Gasteiger partial charge in [-0.25, -0.2) is 5.09 Å². The maximum atomic E-state index is 14.1. The monoisotopic (exact) mass is 613 g/mol. The number of methoxy groups -OCH3 is 1. The molecule has 2 atom stereocenters. The average Bonchev–Trinajstić information content (AvgIpc) is 2.87. The van der Waals surface area contributed by atoms with Gasteiger partial charge in [0, 0.05) is 41.5 Å². The van der Waals surface area contributed by atoms with E-state index in [9.17, 15) is 18.9 Å². The van der Waals surface area contributed by atoms with Gasteiger partial charge in [0.2, 0.25) is 5.43 Å². The van der Waals surface area contributed by atoms with Crippen LogP contribution in [0.5, 0.6) is 5.75 Å². The van der Waals surface area contributed by atoms with Gasteiger partial charge in [0.1, 0.15) is 23.7 Å². The highest BCUT2D eigenvalue weighted by atomic mass is 31.2. The summed E-state index contributed by atoms with van der Waals surface area (Å²) in [7, 11) is -2.45. The van der Waals surface area contributed by atoms with Gasteiger partial charge in [0.25, 0.3) is 5.91 Å². The number of amides is 1. The molecule has 0 aliphatic heterocycles. The highest BCUT2D eigenvalue weighted by Crippen LogP contribution is 2.49. The van der Waals surface area contributed by atoms with E-state index in [-0.39, 0.29) is 23.8 Å². The Hall–Kier alpha value is -3.46. The third kappa shape index (κ3) is 8.34. The molecule has 3 N–H and O–H groups in total. The highest BCUT2D eigenvalue weighted by molar-refractivity contribution is 7.57. The minimum absolute atomic E-state index is 0.0508. The van der Waals surface area contributed by atoms with Crippen LogP contribution in [-0.4, -0.2) is 42.5 Å². The topological polar surface area (TPSA) is 136 Å². The largest absolute Gasteiger partial charge is 0.462 e. The van der Waals surface area contributed by atoms with E-state index in [1.165, 1.54) is 20.2 Å². The van der Waals surface area contributed by atoms with Crippen LogP contribution in [0.3, 0.4) is 0 Å². The van der Waals surface area contributed by atoms with Crippen molar-refractivity contribution in [1.29, 1.82) is 0 Å². The Bertz CT molecular complexity index is 1600. The maximum absolute atomic E-state index is 14.1. The number of anilines is 1. The van der Waals surface area contributed by atoms with Crippen molar-refractivity contribution in [2.24, 2.45) is 0 Å². The van der Waals surface area contributed by atoms with Gasteiger partial charge in [-0.2, -0.15) is 0 Å². The number of hydrogen-bond donors (Lipinski definition) is 3. The smallest absolute Gasteiger partial charge is 0.342 e. The summed E-state index contributed by atoms with van der Waals surface area (Å²) in [5.41, 5.74) is 1.19. The number of aromatic nitrogens is 1. The van der Waals surface area contributed by atoms with Crippen LogP contribution in [0, 0.1) is 0 Å². The van der Waals surface area contributed by atoms with Gasteiger partial charge in [-0.15, -0.1) is 0 Å². The molecule has 11 heteroatoms. The summed E-state index contributed by atoms with van der Waals surface area (Å²) in [6.45, 7) is 17.0. The van der Waals surface area contributed by atoms with Gasteiger partial charge in [-0.1, -0.05) is 53.7 Å². The molecule has 0 aliphatic rings. The van der Waals surface area contributed by atoms with Crippen LogP contribution in [-0.2, 0) is 29.7 Å². The van der Waals surface area contributed by atoms with Crippen LogP contribution < -0.4 is 20.4 Å². The number of nitrogens with one attached hydrogen (secondary N) is 3. The van der Waals surface area contributed by atoms with Crippen LogP contribution in [0.15, 0.2) is 47.4 Å². The molecule has 1 heterocycles. The first-order chi connectivity index (χ1) is 19.9. The minimum Gasteiger partial charge on any atom is -0.462 e. The van der Waals surface area contributed by atoms with Crippen LogP contribution in [0.25, 0.3) is 10.9 Å². The number of fused-ring (bicyclic) bond motifs is 1. The van der Waals surface area contributed by atoms with E-state index < -0.39 is 41.7 Å². The Balaban J connectivity index is 2.12. The normalized spacial score (nSPS) is 14.3. The van der Waals surface area contributed by atoms with Crippen LogP contribution in [0.2, 0.25) is 0 Å². The van der Waals surface area contributed by atoms with E-state index in [0.717, 1.165) is 11.1 Å². The second-order valence-electron chi connectivity index (χ2n) is 12.9. The van der Waals surface area contributed by atoms with Crippen molar-refractivity contribution in [1.82, 2.24) is 10.1 Å². The van der Waals surface area contributed by atoms with Gasteiger partial charge in [-0.3, -0.25) is 18.9 Å². The van der Waals surface area contributed by atoms with Gasteiger partial charge in [0.15, 0.2) is 0 Å². The quantitative estimate of drug-likeness (QED) is 0.175. The molecular formula is C32H44N3O7P. The standard InChI is InChI=1S/C32H44N3O7P/c1-19(2)41-30(38)20(3)35-43(39,18-40-10)42-27-16-26(23(31(4,5)6)15-24(27)32(7,8)9)34-29(37)22-17-33-25-14-12-11-13-21(25)28(22)36/h11-17,19-20H,18H2,1-10H3,(H,33,36)(H,34,37)(H,35,39)/t20-,43?/m0/s1. The molecule has 0 aliphatic carbocycles. The van der Waals surface area contributed by atoms with Crippen molar-refractivity contribution in [3.8, 4) is 5.75 Å². The Morgan fingerprint density at radius 2 is 1.60 bits per heavy atom. The SMILES string of the molecule is COCP(=O)(N[C@@H](C)C(=O)OC(C)C)Oc1cc(NC(=O)c2c[nH]c3ccccc3c2=O)c(C(C)(C)C)cc1C(C)(C)C. The molecule has 43 heavy (non-hydrogen) atoms. The molecule has 3 aromatic rings. The van der Waals surface area contributed by atoms with Crippen molar-refractivity contribution in [3.05, 3.63) is 69.5 Å². The number of esters is 1. The third-order valence-electron chi connectivity index (χ3n) is 6.66. The number of para-hydroxylation sites is 1. The fourth-order valence-electron chi connectivity index (χ4n) is 4.59. The van der Waals surface area contributed by atoms with E-state index in [4.69, 9.17) is 14.0 Å². The number of rotatable bonds is 10. The Kier molecular flexibility index (Phi) is 10.3. The first-order valence-electron chi connectivity index (χ1n) is 14.2. The lowest BCUT2D eigenvalue weighted by Crippen LogP contribution is -2.36. The first-order valence-corrected chi connectivity index (χ1v) is 16.0. The number of carbonyl (C=O) groups is 2. The minimum atomic E-state index is -3.84. The van der Waals surface area contributed by atoms with E-state index in [1.54, 1.807) is 44.2 Å². The summed E-state index contributed by atoms with van der Waals surface area (Å²) >= 11 is 0. The summed E-state index contributed by atoms with van der Waals surface area (Å²) in [4.78, 5) is 42.2. The van der Waals surface area contributed by atoms with Crippen molar-refractivity contribution in [2.45, 2.75) is 85.3 Å². The molecule has 1 unspecified atom stereocenters. The number of aromatic amines is 1. The molecule has 0 saturated carbocycles. The molecule has 2 aromatic carbocycles. The molecular weight excluding hydrogens is 569 g/mol. The van der Waals surface area contributed by atoms with Crippen molar-refractivity contribution in [2.75, 3.05) is 18.8 Å². The van der Waals surface area contributed by atoms with Gasteiger partial charge < -0.3 is 24.3 Å². The summed E-state index contributed by atoms with van der Waals surface area (Å²) in [6, 6.07) is 9.56. The lowest BCUT2D eigenvalue weighted by Gasteiger charge is -2.31. The molecule has 0 radical (unpaired) electrons. The van der Waals surface area contributed by atoms with E-state index in [0.29, 0.717) is 16.6 Å².